The summed E-state index contributed by atoms with van der Waals surface area (Å²) in [6.45, 7) is 6.01. The highest BCUT2D eigenvalue weighted by molar-refractivity contribution is 5.89. The van der Waals surface area contributed by atoms with E-state index in [1.807, 2.05) is 23.1 Å². The van der Waals surface area contributed by atoms with Gasteiger partial charge in [0, 0.05) is 13.1 Å². The van der Waals surface area contributed by atoms with Crippen molar-refractivity contribution in [2.75, 3.05) is 20.2 Å². The van der Waals surface area contributed by atoms with Crippen molar-refractivity contribution < 1.29 is 9.53 Å². The summed E-state index contributed by atoms with van der Waals surface area (Å²) in [6.07, 6.45) is 3.88. The van der Waals surface area contributed by atoms with Crippen LogP contribution in [0, 0.1) is 0 Å². The van der Waals surface area contributed by atoms with E-state index in [4.69, 9.17) is 4.74 Å². The highest BCUT2D eigenvalue weighted by Gasteiger charge is 2.43. The molecule has 0 N–H and O–H groups in total. The molecule has 1 saturated heterocycles. The molecule has 0 aromatic heterocycles. The number of benzene rings is 1. The first-order valence-electron chi connectivity index (χ1n) is 7.62. The normalized spacial score (nSPS) is 22.9. The molecule has 1 aliphatic heterocycles. The minimum absolute atomic E-state index is 0.293. The second-order valence-electron chi connectivity index (χ2n) is 5.56. The summed E-state index contributed by atoms with van der Waals surface area (Å²) in [6, 6.07) is 8.01. The number of likely N-dealkylation sites (tertiary alicyclic amines) is 1. The Bertz CT molecular complexity index is 470. The number of piperidine rings is 1. The lowest BCUT2D eigenvalue weighted by atomic mass is 9.71. The van der Waals surface area contributed by atoms with E-state index in [-0.39, 0.29) is 5.41 Å². The second-order valence-corrected chi connectivity index (χ2v) is 5.56. The van der Waals surface area contributed by atoms with E-state index >= 15 is 0 Å². The van der Waals surface area contributed by atoms with Crippen LogP contribution in [0.1, 0.15) is 45.1 Å². The number of hydrogen-bond acceptors (Lipinski definition) is 2. The molecule has 1 fully saturated rings. The molecule has 1 aliphatic rings. The first-order chi connectivity index (χ1) is 9.67. The molecule has 0 radical (unpaired) electrons. The molecule has 1 atom stereocenters. The number of ether oxygens (including phenoxy) is 1. The van der Waals surface area contributed by atoms with E-state index in [0.29, 0.717) is 5.91 Å². The van der Waals surface area contributed by atoms with Crippen LogP contribution in [-0.2, 0) is 10.2 Å². The van der Waals surface area contributed by atoms with E-state index in [0.717, 1.165) is 50.1 Å². The first kappa shape index (κ1) is 14.9. The maximum absolute atomic E-state index is 13.0. The molecule has 3 heteroatoms. The topological polar surface area (TPSA) is 29.5 Å². The van der Waals surface area contributed by atoms with Gasteiger partial charge >= 0.3 is 0 Å². The molecule has 20 heavy (non-hydrogen) atoms. The standard InChI is InChI=1S/C17H25NO2/c1-4-11-18-12-7-10-17(5-2,16(18)19)14-8-6-9-15(13-14)20-3/h6,8-9,13H,4-5,7,10-12H2,1-3H3. The molecule has 1 amide bonds. The van der Waals surface area contributed by atoms with E-state index < -0.39 is 0 Å². The van der Waals surface area contributed by atoms with Gasteiger partial charge in [0.25, 0.3) is 0 Å². The molecule has 0 aliphatic carbocycles. The van der Waals surface area contributed by atoms with Crippen LogP contribution in [0.5, 0.6) is 5.75 Å². The molecule has 1 aromatic rings. The Morgan fingerprint density at radius 2 is 2.15 bits per heavy atom. The van der Waals surface area contributed by atoms with Crippen LogP contribution in [0.3, 0.4) is 0 Å². The highest BCUT2D eigenvalue weighted by Crippen LogP contribution is 2.39. The zero-order valence-corrected chi connectivity index (χ0v) is 12.8. The molecular formula is C17H25NO2. The predicted octanol–water partition coefficient (Wildman–Crippen LogP) is 3.38. The molecule has 0 spiro atoms. The minimum Gasteiger partial charge on any atom is -0.497 e. The summed E-state index contributed by atoms with van der Waals surface area (Å²) < 4.78 is 5.32. The van der Waals surface area contributed by atoms with Crippen molar-refractivity contribution in [1.29, 1.82) is 0 Å². The fraction of sp³-hybridized carbons (Fsp3) is 0.588. The lowest BCUT2D eigenvalue weighted by Crippen LogP contribution is -2.51. The number of rotatable bonds is 5. The van der Waals surface area contributed by atoms with Crippen LogP contribution in [0.4, 0.5) is 0 Å². The first-order valence-corrected chi connectivity index (χ1v) is 7.62. The minimum atomic E-state index is -0.359. The van der Waals surface area contributed by atoms with Crippen molar-refractivity contribution in [3.05, 3.63) is 29.8 Å². The van der Waals surface area contributed by atoms with Gasteiger partial charge in [0.15, 0.2) is 0 Å². The van der Waals surface area contributed by atoms with Gasteiger partial charge in [-0.3, -0.25) is 4.79 Å². The van der Waals surface area contributed by atoms with E-state index in [9.17, 15) is 4.79 Å². The van der Waals surface area contributed by atoms with Crippen LogP contribution in [0.15, 0.2) is 24.3 Å². The average molecular weight is 275 g/mol. The zero-order chi connectivity index (χ0) is 14.6. The van der Waals surface area contributed by atoms with Gasteiger partial charge in [-0.2, -0.15) is 0 Å². The largest absolute Gasteiger partial charge is 0.497 e. The molecule has 0 bridgehead atoms. The quantitative estimate of drug-likeness (QED) is 0.824. The van der Waals surface area contributed by atoms with Crippen molar-refractivity contribution in [2.45, 2.75) is 44.9 Å². The highest BCUT2D eigenvalue weighted by atomic mass is 16.5. The summed E-state index contributed by atoms with van der Waals surface area (Å²) in [5, 5.41) is 0. The number of nitrogens with zero attached hydrogens (tertiary/aromatic N) is 1. The fourth-order valence-corrected chi connectivity index (χ4v) is 3.29. The van der Waals surface area contributed by atoms with Gasteiger partial charge in [0.1, 0.15) is 5.75 Å². The van der Waals surface area contributed by atoms with Crippen LogP contribution >= 0.6 is 0 Å². The monoisotopic (exact) mass is 275 g/mol. The molecule has 1 aromatic carbocycles. The Kier molecular flexibility index (Phi) is 4.69. The van der Waals surface area contributed by atoms with Crippen LogP contribution in [0.2, 0.25) is 0 Å². The predicted molar refractivity (Wildman–Crippen MR) is 81.1 cm³/mol. The van der Waals surface area contributed by atoms with Gasteiger partial charge in [-0.1, -0.05) is 26.0 Å². The lowest BCUT2D eigenvalue weighted by molar-refractivity contribution is -0.141. The Morgan fingerprint density at radius 1 is 1.35 bits per heavy atom. The smallest absolute Gasteiger partial charge is 0.233 e. The fourth-order valence-electron chi connectivity index (χ4n) is 3.29. The Balaban J connectivity index is 2.38. The van der Waals surface area contributed by atoms with Crippen molar-refractivity contribution in [3.8, 4) is 5.75 Å². The SMILES string of the molecule is CCCN1CCCC(CC)(c2cccc(OC)c2)C1=O. The summed E-state index contributed by atoms with van der Waals surface area (Å²) >= 11 is 0. The van der Waals surface area contributed by atoms with E-state index in [1.165, 1.54) is 0 Å². The van der Waals surface area contributed by atoms with Gasteiger partial charge in [-0.25, -0.2) is 0 Å². The second kappa shape index (κ2) is 6.29. The van der Waals surface area contributed by atoms with Crippen molar-refractivity contribution in [1.82, 2.24) is 4.90 Å². The lowest BCUT2D eigenvalue weighted by Gasteiger charge is -2.41. The molecule has 0 saturated carbocycles. The average Bonchev–Trinajstić information content (AvgIpc) is 2.50. The van der Waals surface area contributed by atoms with Gasteiger partial charge in [0.2, 0.25) is 5.91 Å². The van der Waals surface area contributed by atoms with Gasteiger partial charge in [-0.05, 0) is 43.4 Å². The van der Waals surface area contributed by atoms with Crippen LogP contribution in [-0.4, -0.2) is 31.0 Å². The molecule has 1 unspecified atom stereocenters. The van der Waals surface area contributed by atoms with E-state index in [2.05, 4.69) is 19.9 Å². The number of methoxy groups -OCH3 is 1. The van der Waals surface area contributed by atoms with Gasteiger partial charge < -0.3 is 9.64 Å². The number of hydrogen-bond donors (Lipinski definition) is 0. The summed E-state index contributed by atoms with van der Waals surface area (Å²) in [7, 11) is 1.67. The Morgan fingerprint density at radius 3 is 2.80 bits per heavy atom. The van der Waals surface area contributed by atoms with Crippen molar-refractivity contribution in [2.24, 2.45) is 0 Å². The van der Waals surface area contributed by atoms with Crippen LogP contribution < -0.4 is 4.74 Å². The van der Waals surface area contributed by atoms with Gasteiger partial charge in [0.05, 0.1) is 12.5 Å². The maximum Gasteiger partial charge on any atom is 0.233 e. The third kappa shape index (κ3) is 2.54. The summed E-state index contributed by atoms with van der Waals surface area (Å²) in [5.74, 6) is 1.12. The molecule has 110 valence electrons. The van der Waals surface area contributed by atoms with E-state index in [1.54, 1.807) is 7.11 Å². The number of amides is 1. The zero-order valence-electron chi connectivity index (χ0n) is 12.8. The third-order valence-electron chi connectivity index (χ3n) is 4.45. The number of carbonyl (C=O) groups is 1. The molecule has 3 nitrogen and oxygen atoms in total. The summed E-state index contributed by atoms with van der Waals surface area (Å²) in [4.78, 5) is 15.0. The number of carbonyl (C=O) groups excluding carboxylic acids is 1. The van der Waals surface area contributed by atoms with Crippen molar-refractivity contribution >= 4 is 5.91 Å². The van der Waals surface area contributed by atoms with Crippen molar-refractivity contribution in [3.63, 3.8) is 0 Å². The summed E-state index contributed by atoms with van der Waals surface area (Å²) in [5.41, 5.74) is 0.743. The molecule has 2 rings (SSSR count). The Hall–Kier alpha value is -1.51. The van der Waals surface area contributed by atoms with Crippen LogP contribution in [0.25, 0.3) is 0 Å². The molecule has 1 heterocycles. The third-order valence-corrected chi connectivity index (χ3v) is 4.45. The maximum atomic E-state index is 13.0. The Labute approximate surface area is 121 Å². The van der Waals surface area contributed by atoms with Gasteiger partial charge in [-0.15, -0.1) is 0 Å². The molecular weight excluding hydrogens is 250 g/mol.